The molecule has 0 heterocycles. The van der Waals surface area contributed by atoms with Crippen molar-refractivity contribution in [2.45, 2.75) is 33.6 Å². The van der Waals surface area contributed by atoms with Gasteiger partial charge in [0.1, 0.15) is 0 Å². The predicted octanol–water partition coefficient (Wildman–Crippen LogP) is 3.71. The summed E-state index contributed by atoms with van der Waals surface area (Å²) in [4.78, 5) is 0. The quantitative estimate of drug-likeness (QED) is 0.659. The summed E-state index contributed by atoms with van der Waals surface area (Å²) in [5.74, 6) is 0. The fraction of sp³-hybridized carbons (Fsp3) is 0.385. The summed E-state index contributed by atoms with van der Waals surface area (Å²) in [6.45, 7) is 6.26. The van der Waals surface area contributed by atoms with Crippen LogP contribution in [0.25, 0.3) is 0 Å². The van der Waals surface area contributed by atoms with E-state index < -0.39 is 0 Å². The third-order valence-electron chi connectivity index (χ3n) is 1.82. The van der Waals surface area contributed by atoms with E-state index in [-0.39, 0.29) is 0 Å². The zero-order valence-electron chi connectivity index (χ0n) is 9.46. The van der Waals surface area contributed by atoms with E-state index in [2.05, 4.69) is 38.2 Å². The molecule has 0 aromatic carbocycles. The maximum atomic E-state index is 5.59. The summed E-state index contributed by atoms with van der Waals surface area (Å²) in [5, 5.41) is 0. The first-order valence-corrected chi connectivity index (χ1v) is 5.21. The van der Waals surface area contributed by atoms with Crippen LogP contribution in [0.2, 0.25) is 0 Å². The van der Waals surface area contributed by atoms with Crippen LogP contribution in [-0.2, 0) is 0 Å². The smallest absolute Gasteiger partial charge is 0.00173 e. The Labute approximate surface area is 87.7 Å². The van der Waals surface area contributed by atoms with Crippen LogP contribution in [0.5, 0.6) is 0 Å². The van der Waals surface area contributed by atoms with Crippen molar-refractivity contribution in [1.82, 2.24) is 0 Å². The Bertz CT molecular complexity index is 254. The number of hydrogen-bond acceptors (Lipinski definition) is 1. The molecule has 1 nitrogen and oxygen atoms in total. The molecular weight excluding hydrogens is 170 g/mol. The van der Waals surface area contributed by atoms with Crippen molar-refractivity contribution in [2.75, 3.05) is 0 Å². The monoisotopic (exact) mass is 191 g/mol. The topological polar surface area (TPSA) is 26.0 Å². The summed E-state index contributed by atoms with van der Waals surface area (Å²) >= 11 is 0. The van der Waals surface area contributed by atoms with Gasteiger partial charge in [0.25, 0.3) is 0 Å². The van der Waals surface area contributed by atoms with Crippen LogP contribution in [0.1, 0.15) is 33.6 Å². The number of hydrogen-bond donors (Lipinski definition) is 1. The van der Waals surface area contributed by atoms with Gasteiger partial charge in [-0.15, -0.1) is 0 Å². The lowest BCUT2D eigenvalue weighted by Gasteiger charge is -2.02. The zero-order valence-corrected chi connectivity index (χ0v) is 9.46. The Morgan fingerprint density at radius 1 is 1.07 bits per heavy atom. The first kappa shape index (κ1) is 12.8. The Balaban J connectivity index is 4.78. The zero-order chi connectivity index (χ0) is 10.8. The van der Waals surface area contributed by atoms with Crippen molar-refractivity contribution in [1.29, 1.82) is 0 Å². The minimum Gasteiger partial charge on any atom is -0.404 e. The van der Waals surface area contributed by atoms with Gasteiger partial charge in [0.05, 0.1) is 0 Å². The fourth-order valence-electron chi connectivity index (χ4n) is 1.17. The van der Waals surface area contributed by atoms with Crippen LogP contribution in [0, 0.1) is 0 Å². The molecule has 0 unspecified atom stereocenters. The van der Waals surface area contributed by atoms with Crippen LogP contribution in [-0.4, -0.2) is 0 Å². The van der Waals surface area contributed by atoms with E-state index in [1.807, 2.05) is 13.0 Å². The average molecular weight is 191 g/mol. The number of allylic oxidation sites excluding steroid dienone is 7. The Hall–Kier alpha value is -1.24. The predicted molar refractivity (Wildman–Crippen MR) is 64.9 cm³/mol. The van der Waals surface area contributed by atoms with Crippen molar-refractivity contribution < 1.29 is 0 Å². The molecule has 0 atom stereocenters. The molecule has 0 amide bonds. The standard InChI is InChI=1S/C13H21N/c1-4-7-10-13(11-14)12(8-5-2)9-6-3/h5,7-11H,4,6,14H2,1-3H3/b8-5-,10-7-,12-9+,13-11+. The molecule has 0 fully saturated rings. The van der Waals surface area contributed by atoms with Gasteiger partial charge in [0.2, 0.25) is 0 Å². The maximum absolute atomic E-state index is 5.59. The van der Waals surface area contributed by atoms with Crippen LogP contribution < -0.4 is 5.73 Å². The summed E-state index contributed by atoms with van der Waals surface area (Å²) in [6, 6.07) is 0. The molecule has 14 heavy (non-hydrogen) atoms. The van der Waals surface area contributed by atoms with E-state index in [1.54, 1.807) is 6.20 Å². The van der Waals surface area contributed by atoms with E-state index in [1.165, 1.54) is 5.57 Å². The first-order valence-electron chi connectivity index (χ1n) is 5.21. The van der Waals surface area contributed by atoms with Gasteiger partial charge in [0.15, 0.2) is 0 Å². The van der Waals surface area contributed by atoms with Crippen molar-refractivity contribution in [3.05, 3.63) is 47.7 Å². The Morgan fingerprint density at radius 2 is 1.79 bits per heavy atom. The van der Waals surface area contributed by atoms with Crippen molar-refractivity contribution >= 4 is 0 Å². The minimum absolute atomic E-state index is 1.02. The molecule has 0 spiro atoms. The highest BCUT2D eigenvalue weighted by Gasteiger charge is 1.95. The normalized spacial score (nSPS) is 14.5. The van der Waals surface area contributed by atoms with E-state index in [0.29, 0.717) is 0 Å². The van der Waals surface area contributed by atoms with Crippen LogP contribution in [0.4, 0.5) is 0 Å². The molecule has 0 rings (SSSR count). The molecule has 1 heteroatoms. The number of rotatable bonds is 5. The Kier molecular flexibility index (Phi) is 7.62. The van der Waals surface area contributed by atoms with Gasteiger partial charge in [0, 0.05) is 6.20 Å². The van der Waals surface area contributed by atoms with Gasteiger partial charge in [-0.1, -0.05) is 44.2 Å². The lowest BCUT2D eigenvalue weighted by atomic mass is 10.0. The fourth-order valence-corrected chi connectivity index (χ4v) is 1.17. The molecule has 0 saturated carbocycles. The van der Waals surface area contributed by atoms with Gasteiger partial charge in [-0.3, -0.25) is 0 Å². The second-order valence-corrected chi connectivity index (χ2v) is 3.00. The molecular formula is C13H21N. The molecule has 2 N–H and O–H groups in total. The first-order chi connectivity index (χ1) is 6.79. The Morgan fingerprint density at radius 3 is 2.21 bits per heavy atom. The van der Waals surface area contributed by atoms with Gasteiger partial charge in [-0.25, -0.2) is 0 Å². The molecule has 0 saturated heterocycles. The minimum atomic E-state index is 1.02. The molecule has 0 bridgehead atoms. The SMILES string of the molecule is C\C=C/C(=C\CC)C(/C=C\CC)=C/N. The van der Waals surface area contributed by atoms with E-state index >= 15 is 0 Å². The van der Waals surface area contributed by atoms with Crippen LogP contribution in [0.3, 0.4) is 0 Å². The third kappa shape index (κ3) is 4.70. The van der Waals surface area contributed by atoms with E-state index in [9.17, 15) is 0 Å². The maximum Gasteiger partial charge on any atom is 0.00173 e. The molecule has 0 aromatic heterocycles. The second-order valence-electron chi connectivity index (χ2n) is 3.00. The van der Waals surface area contributed by atoms with E-state index in [4.69, 9.17) is 5.73 Å². The summed E-state index contributed by atoms with van der Waals surface area (Å²) in [6.07, 6.45) is 14.2. The summed E-state index contributed by atoms with van der Waals surface area (Å²) < 4.78 is 0. The van der Waals surface area contributed by atoms with Gasteiger partial charge >= 0.3 is 0 Å². The van der Waals surface area contributed by atoms with Crippen molar-refractivity contribution in [3.63, 3.8) is 0 Å². The largest absolute Gasteiger partial charge is 0.404 e. The molecule has 78 valence electrons. The highest BCUT2D eigenvalue weighted by molar-refractivity contribution is 5.45. The van der Waals surface area contributed by atoms with Gasteiger partial charge < -0.3 is 5.73 Å². The average Bonchev–Trinajstić information content (AvgIpc) is 2.19. The number of nitrogens with two attached hydrogens (primary N) is 1. The second kappa shape index (κ2) is 8.36. The highest BCUT2D eigenvalue weighted by Crippen LogP contribution is 2.13. The lowest BCUT2D eigenvalue weighted by molar-refractivity contribution is 1.19. The summed E-state index contributed by atoms with van der Waals surface area (Å²) in [5.41, 5.74) is 7.87. The van der Waals surface area contributed by atoms with Crippen molar-refractivity contribution in [2.24, 2.45) is 5.73 Å². The highest BCUT2D eigenvalue weighted by atomic mass is 14.5. The molecule has 0 aliphatic rings. The lowest BCUT2D eigenvalue weighted by Crippen LogP contribution is -1.89. The van der Waals surface area contributed by atoms with Crippen LogP contribution >= 0.6 is 0 Å². The van der Waals surface area contributed by atoms with Gasteiger partial charge in [-0.05, 0) is 30.9 Å². The molecule has 0 aromatic rings. The van der Waals surface area contributed by atoms with E-state index in [0.717, 1.165) is 18.4 Å². The molecule has 0 aliphatic heterocycles. The van der Waals surface area contributed by atoms with Gasteiger partial charge in [-0.2, -0.15) is 0 Å². The molecule has 0 aliphatic carbocycles. The van der Waals surface area contributed by atoms with Crippen LogP contribution in [0.15, 0.2) is 47.7 Å². The van der Waals surface area contributed by atoms with Crippen molar-refractivity contribution in [3.8, 4) is 0 Å². The molecule has 0 radical (unpaired) electrons. The summed E-state index contributed by atoms with van der Waals surface area (Å²) in [7, 11) is 0. The third-order valence-corrected chi connectivity index (χ3v) is 1.82.